The number of hydrogen-bond donors (Lipinski definition) is 2. The van der Waals surface area contributed by atoms with E-state index in [1.807, 2.05) is 4.90 Å². The minimum Gasteiger partial charge on any atom is -0.377 e. The summed E-state index contributed by atoms with van der Waals surface area (Å²) < 4.78 is 5.80. The summed E-state index contributed by atoms with van der Waals surface area (Å²) >= 11 is 0. The van der Waals surface area contributed by atoms with Gasteiger partial charge in [-0.3, -0.25) is 4.79 Å². The maximum Gasteiger partial charge on any atom is 0.317 e. The Morgan fingerprint density at radius 1 is 1.04 bits per heavy atom. The number of hydrogen-bond acceptors (Lipinski definition) is 3. The lowest BCUT2D eigenvalue weighted by Crippen LogP contribution is -2.68. The second-order valence-corrected chi connectivity index (χ2v) is 8.89. The standard InChI is InChI=1S/C19H31N3O3/c1-19(2)15(14-8-11-25-16(14)19)21-18(24)22-9-6-13(7-10-22)20-17(23)12-4-3-5-12/h12-16H,3-11H2,1-2H3,(H,20,23)(H,21,24)/t14-,15+,16-/m0/s1. The third-order valence-electron chi connectivity index (χ3n) is 6.98. The molecule has 0 radical (unpaired) electrons. The van der Waals surface area contributed by atoms with E-state index < -0.39 is 0 Å². The van der Waals surface area contributed by atoms with Gasteiger partial charge >= 0.3 is 6.03 Å². The molecule has 0 aromatic heterocycles. The highest BCUT2D eigenvalue weighted by atomic mass is 16.5. The second kappa shape index (κ2) is 6.45. The fourth-order valence-corrected chi connectivity index (χ4v) is 5.06. The zero-order chi connectivity index (χ0) is 17.6. The normalized spacial score (nSPS) is 34.6. The quantitative estimate of drug-likeness (QED) is 0.817. The first-order valence-electron chi connectivity index (χ1n) is 9.94. The van der Waals surface area contributed by atoms with Crippen molar-refractivity contribution in [3.63, 3.8) is 0 Å². The molecule has 2 saturated carbocycles. The first kappa shape index (κ1) is 17.1. The molecule has 4 rings (SSSR count). The van der Waals surface area contributed by atoms with E-state index in [0.717, 1.165) is 51.8 Å². The Kier molecular flexibility index (Phi) is 4.42. The van der Waals surface area contributed by atoms with E-state index in [4.69, 9.17) is 4.74 Å². The van der Waals surface area contributed by atoms with Crippen LogP contribution in [0, 0.1) is 17.3 Å². The lowest BCUT2D eigenvalue weighted by atomic mass is 9.57. The first-order valence-corrected chi connectivity index (χ1v) is 9.94. The third kappa shape index (κ3) is 3.03. The minimum absolute atomic E-state index is 0.0197. The molecule has 3 atom stereocenters. The van der Waals surface area contributed by atoms with E-state index >= 15 is 0 Å². The van der Waals surface area contributed by atoms with Crippen LogP contribution in [0.5, 0.6) is 0 Å². The summed E-state index contributed by atoms with van der Waals surface area (Å²) in [4.78, 5) is 26.6. The van der Waals surface area contributed by atoms with Crippen molar-refractivity contribution in [3.8, 4) is 0 Å². The van der Waals surface area contributed by atoms with Crippen molar-refractivity contribution in [2.75, 3.05) is 19.7 Å². The van der Waals surface area contributed by atoms with Crippen LogP contribution in [0.1, 0.15) is 52.4 Å². The number of likely N-dealkylation sites (tertiary alicyclic amines) is 1. The lowest BCUT2D eigenvalue weighted by Gasteiger charge is -2.55. The Bertz CT molecular complexity index is 538. The molecule has 0 unspecified atom stereocenters. The molecule has 6 nitrogen and oxygen atoms in total. The van der Waals surface area contributed by atoms with Gasteiger partial charge in [-0.15, -0.1) is 0 Å². The van der Waals surface area contributed by atoms with Crippen molar-refractivity contribution in [1.82, 2.24) is 15.5 Å². The molecule has 2 saturated heterocycles. The molecule has 0 aromatic rings. The fraction of sp³-hybridized carbons (Fsp3) is 0.895. The van der Waals surface area contributed by atoms with Gasteiger partial charge in [-0.05, 0) is 32.1 Å². The number of urea groups is 1. The Balaban J connectivity index is 1.23. The van der Waals surface area contributed by atoms with Crippen LogP contribution in [0.2, 0.25) is 0 Å². The molecule has 0 aromatic carbocycles. The van der Waals surface area contributed by atoms with Gasteiger partial charge in [0.15, 0.2) is 0 Å². The molecule has 0 spiro atoms. The molecular weight excluding hydrogens is 318 g/mol. The van der Waals surface area contributed by atoms with E-state index in [2.05, 4.69) is 24.5 Å². The van der Waals surface area contributed by atoms with Crippen LogP contribution in [0.25, 0.3) is 0 Å². The summed E-state index contributed by atoms with van der Waals surface area (Å²) in [5, 5.41) is 6.43. The van der Waals surface area contributed by atoms with Crippen molar-refractivity contribution in [3.05, 3.63) is 0 Å². The Hall–Kier alpha value is -1.30. The van der Waals surface area contributed by atoms with Crippen LogP contribution in [0.15, 0.2) is 0 Å². The molecule has 2 aliphatic heterocycles. The molecule has 2 N–H and O–H groups in total. The number of rotatable bonds is 3. The molecular formula is C19H31N3O3. The predicted molar refractivity (Wildman–Crippen MR) is 94.0 cm³/mol. The number of carbonyl (C=O) groups is 2. The van der Waals surface area contributed by atoms with E-state index in [1.54, 1.807) is 0 Å². The largest absolute Gasteiger partial charge is 0.377 e. The SMILES string of the molecule is CC1(C)[C@H](NC(=O)N2CCC(NC(=O)C3CCC3)CC2)[C@@H]2CCO[C@@H]21. The maximum atomic E-state index is 12.7. The fourth-order valence-electron chi connectivity index (χ4n) is 5.06. The van der Waals surface area contributed by atoms with Crippen molar-refractivity contribution >= 4 is 11.9 Å². The van der Waals surface area contributed by atoms with Gasteiger partial charge in [0.1, 0.15) is 0 Å². The highest BCUT2D eigenvalue weighted by molar-refractivity contribution is 5.79. The summed E-state index contributed by atoms with van der Waals surface area (Å²) in [6, 6.07) is 0.487. The molecule has 140 valence electrons. The molecule has 2 aliphatic carbocycles. The van der Waals surface area contributed by atoms with Crippen molar-refractivity contribution in [1.29, 1.82) is 0 Å². The van der Waals surface area contributed by atoms with Crippen molar-refractivity contribution in [2.24, 2.45) is 17.3 Å². The van der Waals surface area contributed by atoms with Gasteiger partial charge in [0, 0.05) is 49.0 Å². The average Bonchev–Trinajstić information content (AvgIpc) is 2.98. The van der Waals surface area contributed by atoms with Gasteiger partial charge in [-0.2, -0.15) is 0 Å². The monoisotopic (exact) mass is 349 g/mol. The number of fused-ring (bicyclic) bond motifs is 1. The number of nitrogens with zero attached hydrogens (tertiary/aromatic N) is 1. The summed E-state index contributed by atoms with van der Waals surface area (Å²) in [6.07, 6.45) is 6.32. The summed E-state index contributed by atoms with van der Waals surface area (Å²) in [5.41, 5.74) is 0.0197. The lowest BCUT2D eigenvalue weighted by molar-refractivity contribution is -0.128. The average molecular weight is 349 g/mol. The van der Waals surface area contributed by atoms with E-state index in [-0.39, 0.29) is 35.4 Å². The van der Waals surface area contributed by atoms with Crippen LogP contribution in [-0.4, -0.2) is 54.7 Å². The van der Waals surface area contributed by atoms with Gasteiger partial charge in [-0.1, -0.05) is 20.3 Å². The minimum atomic E-state index is 0.0197. The van der Waals surface area contributed by atoms with Crippen molar-refractivity contribution < 1.29 is 14.3 Å². The zero-order valence-electron chi connectivity index (χ0n) is 15.4. The predicted octanol–water partition coefficient (Wildman–Crippen LogP) is 1.89. The van der Waals surface area contributed by atoms with Gasteiger partial charge < -0.3 is 20.3 Å². The molecule has 0 bridgehead atoms. The Labute approximate surface area is 150 Å². The Morgan fingerprint density at radius 3 is 2.40 bits per heavy atom. The van der Waals surface area contributed by atoms with Crippen molar-refractivity contribution in [2.45, 2.75) is 70.6 Å². The number of piperidine rings is 1. The van der Waals surface area contributed by atoms with Gasteiger partial charge in [-0.25, -0.2) is 4.79 Å². The number of carbonyl (C=O) groups excluding carboxylic acids is 2. The number of nitrogens with one attached hydrogen (secondary N) is 2. The van der Waals surface area contributed by atoms with E-state index in [9.17, 15) is 9.59 Å². The number of ether oxygens (including phenoxy) is 1. The van der Waals surface area contributed by atoms with Crippen LogP contribution in [-0.2, 0) is 9.53 Å². The molecule has 4 aliphatic rings. The van der Waals surface area contributed by atoms with Crippen LogP contribution < -0.4 is 10.6 Å². The third-order valence-corrected chi connectivity index (χ3v) is 6.98. The second-order valence-electron chi connectivity index (χ2n) is 8.89. The van der Waals surface area contributed by atoms with Crippen LogP contribution in [0.3, 0.4) is 0 Å². The number of amides is 3. The van der Waals surface area contributed by atoms with E-state index in [0.29, 0.717) is 12.0 Å². The summed E-state index contributed by atoms with van der Waals surface area (Å²) in [6.45, 7) is 6.63. The molecule has 2 heterocycles. The molecule has 25 heavy (non-hydrogen) atoms. The maximum absolute atomic E-state index is 12.7. The van der Waals surface area contributed by atoms with Crippen LogP contribution in [0.4, 0.5) is 4.79 Å². The summed E-state index contributed by atoms with van der Waals surface area (Å²) in [5.74, 6) is 0.930. The van der Waals surface area contributed by atoms with E-state index in [1.165, 1.54) is 6.42 Å². The zero-order valence-corrected chi connectivity index (χ0v) is 15.4. The molecule has 3 amide bonds. The molecule has 6 heteroatoms. The topological polar surface area (TPSA) is 70.7 Å². The van der Waals surface area contributed by atoms with Gasteiger partial charge in [0.05, 0.1) is 6.10 Å². The summed E-state index contributed by atoms with van der Waals surface area (Å²) in [7, 11) is 0. The highest BCUT2D eigenvalue weighted by Crippen LogP contribution is 2.52. The Morgan fingerprint density at radius 2 is 1.76 bits per heavy atom. The van der Waals surface area contributed by atoms with Gasteiger partial charge in [0.2, 0.25) is 5.91 Å². The van der Waals surface area contributed by atoms with Gasteiger partial charge in [0.25, 0.3) is 0 Å². The van der Waals surface area contributed by atoms with Crippen LogP contribution >= 0.6 is 0 Å². The highest BCUT2D eigenvalue weighted by Gasteiger charge is 2.60. The smallest absolute Gasteiger partial charge is 0.317 e. The molecule has 4 fully saturated rings. The first-order chi connectivity index (χ1) is 12.0.